The van der Waals surface area contributed by atoms with Gasteiger partial charge in [-0.2, -0.15) is 4.31 Å². The first kappa shape index (κ1) is 18.1. The largest absolute Gasteiger partial charge is 0.316 e. The molecule has 7 nitrogen and oxygen atoms in total. The van der Waals surface area contributed by atoms with Crippen molar-refractivity contribution in [2.45, 2.75) is 18.7 Å². The Labute approximate surface area is 141 Å². The number of fused-ring (bicyclic) bond motifs is 1. The summed E-state index contributed by atoms with van der Waals surface area (Å²) in [5.41, 5.74) is 0.498. The number of nitro groups is 1. The van der Waals surface area contributed by atoms with Crippen LogP contribution in [0.5, 0.6) is 0 Å². The van der Waals surface area contributed by atoms with Crippen LogP contribution >= 0.6 is 12.4 Å². The summed E-state index contributed by atoms with van der Waals surface area (Å²) < 4.78 is 27.3. The third kappa shape index (κ3) is 2.96. The fourth-order valence-electron chi connectivity index (χ4n) is 3.46. The van der Waals surface area contributed by atoms with Gasteiger partial charge in [0.25, 0.3) is 5.69 Å². The summed E-state index contributed by atoms with van der Waals surface area (Å²) in [7, 11) is -3.85. The molecule has 0 bridgehead atoms. The highest BCUT2D eigenvalue weighted by atomic mass is 35.5. The van der Waals surface area contributed by atoms with Gasteiger partial charge in [0.1, 0.15) is 0 Å². The van der Waals surface area contributed by atoms with E-state index in [2.05, 4.69) is 5.32 Å². The molecule has 2 atom stereocenters. The van der Waals surface area contributed by atoms with Gasteiger partial charge in [-0.25, -0.2) is 8.42 Å². The molecule has 1 aromatic rings. The number of nitrogens with one attached hydrogen (secondary N) is 1. The van der Waals surface area contributed by atoms with E-state index in [1.165, 1.54) is 4.31 Å². The number of aryl methyl sites for hydroxylation is 2. The number of benzene rings is 1. The summed E-state index contributed by atoms with van der Waals surface area (Å²) in [5.74, 6) is 0.609. The molecule has 0 radical (unpaired) electrons. The lowest BCUT2D eigenvalue weighted by Crippen LogP contribution is -2.32. The lowest BCUT2D eigenvalue weighted by Gasteiger charge is -2.19. The molecule has 128 valence electrons. The van der Waals surface area contributed by atoms with Crippen molar-refractivity contribution in [3.63, 3.8) is 0 Å². The minimum Gasteiger partial charge on any atom is -0.316 e. The van der Waals surface area contributed by atoms with E-state index < -0.39 is 14.9 Å². The Morgan fingerprint density at radius 1 is 1.17 bits per heavy atom. The lowest BCUT2D eigenvalue weighted by atomic mass is 10.0. The monoisotopic (exact) mass is 361 g/mol. The number of sulfonamides is 1. The zero-order chi connectivity index (χ0) is 16.1. The van der Waals surface area contributed by atoms with Crippen molar-refractivity contribution >= 4 is 28.1 Å². The second-order valence-corrected chi connectivity index (χ2v) is 8.01. The molecule has 2 saturated heterocycles. The average molecular weight is 362 g/mol. The van der Waals surface area contributed by atoms with E-state index in [1.807, 2.05) is 0 Å². The molecule has 0 aliphatic carbocycles. The van der Waals surface area contributed by atoms with Gasteiger partial charge in [0.15, 0.2) is 4.90 Å². The molecular formula is C14H20ClN3O4S. The minimum absolute atomic E-state index is 0. The number of hydrogen-bond acceptors (Lipinski definition) is 5. The highest BCUT2D eigenvalue weighted by Gasteiger charge is 2.44. The summed E-state index contributed by atoms with van der Waals surface area (Å²) in [4.78, 5) is 10.6. The molecule has 0 amide bonds. The van der Waals surface area contributed by atoms with Crippen molar-refractivity contribution in [2.24, 2.45) is 11.8 Å². The molecule has 2 fully saturated rings. The predicted octanol–water partition coefficient (Wildman–Crippen LogP) is 1.47. The molecule has 0 aromatic heterocycles. The standard InChI is InChI=1S/C14H19N3O4S.ClH/c1-9-3-4-10(2)14(13(9)17(18)19)22(20,21)16-7-11-5-15-6-12(11)8-16;/h3-4,11-12,15H,5-8H2,1-2H3;1H/t11-,12+;. The average Bonchev–Trinajstić information content (AvgIpc) is 3.01. The maximum atomic E-state index is 13.0. The molecule has 1 N–H and O–H groups in total. The van der Waals surface area contributed by atoms with E-state index in [4.69, 9.17) is 0 Å². The Bertz CT molecular complexity index is 726. The van der Waals surface area contributed by atoms with Crippen molar-refractivity contribution in [3.8, 4) is 0 Å². The van der Waals surface area contributed by atoms with Crippen LogP contribution in [0.3, 0.4) is 0 Å². The molecule has 9 heteroatoms. The molecule has 0 spiro atoms. The Morgan fingerprint density at radius 3 is 2.22 bits per heavy atom. The summed E-state index contributed by atoms with van der Waals surface area (Å²) in [5, 5.41) is 14.6. The van der Waals surface area contributed by atoms with Gasteiger partial charge < -0.3 is 5.32 Å². The van der Waals surface area contributed by atoms with E-state index in [0.29, 0.717) is 36.1 Å². The van der Waals surface area contributed by atoms with E-state index in [-0.39, 0.29) is 23.0 Å². The fraction of sp³-hybridized carbons (Fsp3) is 0.571. The van der Waals surface area contributed by atoms with Gasteiger partial charge in [-0.1, -0.05) is 12.1 Å². The van der Waals surface area contributed by atoms with E-state index in [0.717, 1.165) is 13.1 Å². The normalized spacial score (nSPS) is 24.3. The minimum atomic E-state index is -3.85. The van der Waals surface area contributed by atoms with Crippen molar-refractivity contribution in [3.05, 3.63) is 33.4 Å². The van der Waals surface area contributed by atoms with Crippen LogP contribution in [0.15, 0.2) is 17.0 Å². The van der Waals surface area contributed by atoms with Crippen molar-refractivity contribution in [1.82, 2.24) is 9.62 Å². The number of hydrogen-bond donors (Lipinski definition) is 1. The van der Waals surface area contributed by atoms with Crippen molar-refractivity contribution < 1.29 is 13.3 Å². The zero-order valence-electron chi connectivity index (χ0n) is 13.0. The summed E-state index contributed by atoms with van der Waals surface area (Å²) >= 11 is 0. The van der Waals surface area contributed by atoms with Gasteiger partial charge in [0, 0.05) is 18.7 Å². The van der Waals surface area contributed by atoms with Gasteiger partial charge in [-0.3, -0.25) is 10.1 Å². The third-order valence-corrected chi connectivity index (χ3v) is 6.68. The molecule has 23 heavy (non-hydrogen) atoms. The van der Waals surface area contributed by atoms with E-state index >= 15 is 0 Å². The smallest absolute Gasteiger partial charge is 0.292 e. The Kier molecular flexibility index (Phi) is 5.00. The number of rotatable bonds is 3. The number of nitrogens with zero attached hydrogens (tertiary/aromatic N) is 2. The Morgan fingerprint density at radius 2 is 1.70 bits per heavy atom. The molecule has 2 aliphatic heterocycles. The predicted molar refractivity (Wildman–Crippen MR) is 88.4 cm³/mol. The van der Waals surface area contributed by atoms with Crippen LogP contribution in [0.25, 0.3) is 0 Å². The quantitative estimate of drug-likeness (QED) is 0.650. The van der Waals surface area contributed by atoms with Crippen LogP contribution in [-0.2, 0) is 10.0 Å². The molecule has 2 heterocycles. The first-order valence-corrected chi connectivity index (χ1v) is 8.72. The van der Waals surface area contributed by atoms with Crippen LogP contribution in [0.1, 0.15) is 11.1 Å². The van der Waals surface area contributed by atoms with Gasteiger partial charge in [0.2, 0.25) is 10.0 Å². The van der Waals surface area contributed by atoms with Gasteiger partial charge >= 0.3 is 0 Å². The van der Waals surface area contributed by atoms with Crippen LogP contribution in [0.4, 0.5) is 5.69 Å². The molecule has 0 saturated carbocycles. The molecule has 2 aliphatic rings. The van der Waals surface area contributed by atoms with Gasteiger partial charge in [-0.05, 0) is 44.3 Å². The van der Waals surface area contributed by atoms with Crippen LogP contribution < -0.4 is 5.32 Å². The molecule has 3 rings (SSSR count). The molecule has 0 unspecified atom stereocenters. The van der Waals surface area contributed by atoms with E-state index in [9.17, 15) is 18.5 Å². The third-order valence-electron chi connectivity index (χ3n) is 4.67. The van der Waals surface area contributed by atoms with Crippen LogP contribution in [0.2, 0.25) is 0 Å². The second kappa shape index (κ2) is 6.35. The summed E-state index contributed by atoms with van der Waals surface area (Å²) in [6, 6.07) is 3.22. The Hall–Kier alpha value is -1.22. The fourth-order valence-corrected chi connectivity index (χ4v) is 5.45. The first-order valence-electron chi connectivity index (χ1n) is 7.28. The van der Waals surface area contributed by atoms with E-state index in [1.54, 1.807) is 26.0 Å². The topological polar surface area (TPSA) is 92.6 Å². The molecule has 1 aromatic carbocycles. The van der Waals surface area contributed by atoms with Crippen LogP contribution in [0, 0.1) is 35.8 Å². The Balaban J connectivity index is 0.00000192. The lowest BCUT2D eigenvalue weighted by molar-refractivity contribution is -0.388. The maximum Gasteiger partial charge on any atom is 0.292 e. The number of nitro benzene ring substituents is 1. The number of halogens is 1. The highest BCUT2D eigenvalue weighted by molar-refractivity contribution is 7.89. The SMILES string of the molecule is Cc1ccc(C)c(S(=O)(=O)N2C[C@H]3CNC[C@H]3C2)c1[N+](=O)[O-].Cl. The van der Waals surface area contributed by atoms with Gasteiger partial charge in [-0.15, -0.1) is 12.4 Å². The van der Waals surface area contributed by atoms with Gasteiger partial charge in [0.05, 0.1) is 4.92 Å². The zero-order valence-corrected chi connectivity index (χ0v) is 14.6. The maximum absolute atomic E-state index is 13.0. The summed E-state index contributed by atoms with van der Waals surface area (Å²) in [6.45, 7) is 5.67. The highest BCUT2D eigenvalue weighted by Crippen LogP contribution is 2.36. The summed E-state index contributed by atoms with van der Waals surface area (Å²) in [6.07, 6.45) is 0. The second-order valence-electron chi connectivity index (χ2n) is 6.13. The van der Waals surface area contributed by atoms with Crippen molar-refractivity contribution in [1.29, 1.82) is 0 Å². The van der Waals surface area contributed by atoms with Crippen LogP contribution in [-0.4, -0.2) is 43.8 Å². The van der Waals surface area contributed by atoms with Crippen molar-refractivity contribution in [2.75, 3.05) is 26.2 Å². The first-order chi connectivity index (χ1) is 10.3. The molecular weight excluding hydrogens is 342 g/mol.